The van der Waals surface area contributed by atoms with Crippen molar-refractivity contribution in [2.75, 3.05) is 6.61 Å². The minimum absolute atomic E-state index is 0.00736. The van der Waals surface area contributed by atoms with Gasteiger partial charge in [-0.3, -0.25) is 10.1 Å². The largest absolute Gasteiger partial charge is 0.377 e. The van der Waals surface area contributed by atoms with Gasteiger partial charge in [0, 0.05) is 24.8 Å². The number of sulfonamides is 1. The average molecular weight is 300 g/mol. The summed E-state index contributed by atoms with van der Waals surface area (Å²) in [5, 5.41) is 10.5. The van der Waals surface area contributed by atoms with Gasteiger partial charge < -0.3 is 4.74 Å². The molecule has 0 aromatic heterocycles. The van der Waals surface area contributed by atoms with Crippen LogP contribution >= 0.6 is 0 Å². The van der Waals surface area contributed by atoms with Crippen LogP contribution in [0, 0.1) is 10.1 Å². The molecule has 110 valence electrons. The number of nitrogens with zero attached hydrogens (tertiary/aromatic N) is 1. The van der Waals surface area contributed by atoms with Gasteiger partial charge in [-0.2, -0.15) is 0 Å². The normalized spacial score (nSPS) is 20.8. The van der Waals surface area contributed by atoms with Crippen molar-refractivity contribution < 1.29 is 18.1 Å². The second-order valence-corrected chi connectivity index (χ2v) is 6.43. The van der Waals surface area contributed by atoms with Crippen molar-refractivity contribution in [2.24, 2.45) is 0 Å². The highest BCUT2D eigenvalue weighted by Gasteiger charge is 2.27. The van der Waals surface area contributed by atoms with Crippen LogP contribution in [0.25, 0.3) is 0 Å². The van der Waals surface area contributed by atoms with Crippen LogP contribution in [0.3, 0.4) is 0 Å². The molecule has 1 aromatic rings. The Bertz CT molecular complexity index is 578. The van der Waals surface area contributed by atoms with Crippen LogP contribution in [-0.2, 0) is 14.8 Å². The van der Waals surface area contributed by atoms with Gasteiger partial charge in [0.25, 0.3) is 5.69 Å². The lowest BCUT2D eigenvalue weighted by Crippen LogP contribution is -2.40. The van der Waals surface area contributed by atoms with E-state index in [2.05, 4.69) is 4.72 Å². The predicted octanol–water partition coefficient (Wildman–Crippen LogP) is 1.44. The summed E-state index contributed by atoms with van der Waals surface area (Å²) in [7, 11) is -3.69. The van der Waals surface area contributed by atoms with E-state index in [1.165, 1.54) is 24.3 Å². The monoisotopic (exact) mass is 300 g/mol. The third-order valence-electron chi connectivity index (χ3n) is 3.22. The highest BCUT2D eigenvalue weighted by molar-refractivity contribution is 7.89. The summed E-state index contributed by atoms with van der Waals surface area (Å²) in [6, 6.07) is 4.46. The molecule has 1 fully saturated rings. The smallest absolute Gasteiger partial charge is 0.269 e. The van der Waals surface area contributed by atoms with Gasteiger partial charge in [-0.25, -0.2) is 13.1 Å². The zero-order valence-electron chi connectivity index (χ0n) is 11.0. The molecule has 2 rings (SSSR count). The predicted molar refractivity (Wildman–Crippen MR) is 71.9 cm³/mol. The molecule has 0 spiro atoms. The minimum Gasteiger partial charge on any atom is -0.377 e. The van der Waals surface area contributed by atoms with Gasteiger partial charge in [0.2, 0.25) is 10.0 Å². The van der Waals surface area contributed by atoms with Crippen LogP contribution in [0.4, 0.5) is 5.69 Å². The van der Waals surface area contributed by atoms with Crippen molar-refractivity contribution in [1.29, 1.82) is 0 Å². The topological polar surface area (TPSA) is 98.5 Å². The average Bonchev–Trinajstić information content (AvgIpc) is 2.92. The summed E-state index contributed by atoms with van der Waals surface area (Å²) in [5.74, 6) is 0. The van der Waals surface area contributed by atoms with Crippen LogP contribution in [0.15, 0.2) is 29.2 Å². The number of hydrogen-bond acceptors (Lipinski definition) is 5. The van der Waals surface area contributed by atoms with Gasteiger partial charge in [-0.15, -0.1) is 0 Å². The number of nitro groups is 1. The maximum atomic E-state index is 12.1. The van der Waals surface area contributed by atoms with Crippen molar-refractivity contribution in [2.45, 2.75) is 36.8 Å². The molecule has 1 saturated heterocycles. The van der Waals surface area contributed by atoms with Crippen molar-refractivity contribution in [3.05, 3.63) is 34.4 Å². The standard InChI is InChI=1S/C12H16N2O5S/c1-9(12-3-2-8-19-12)13-20(17,18)11-6-4-10(5-7-11)14(15)16/h4-7,9,12-13H,2-3,8H2,1H3/t9-,12+/m1/s1. The number of rotatable bonds is 5. The number of hydrogen-bond donors (Lipinski definition) is 1. The first kappa shape index (κ1) is 14.9. The van der Waals surface area contributed by atoms with E-state index in [0.29, 0.717) is 6.61 Å². The van der Waals surface area contributed by atoms with E-state index in [1.807, 2.05) is 0 Å². The molecule has 0 bridgehead atoms. The van der Waals surface area contributed by atoms with E-state index in [0.717, 1.165) is 12.8 Å². The van der Waals surface area contributed by atoms with Crippen molar-refractivity contribution in [3.8, 4) is 0 Å². The lowest BCUT2D eigenvalue weighted by Gasteiger charge is -2.19. The number of nitro benzene ring substituents is 1. The Balaban J connectivity index is 2.11. The summed E-state index contributed by atoms with van der Waals surface area (Å²) < 4.78 is 32.3. The summed E-state index contributed by atoms with van der Waals surface area (Å²) in [5.41, 5.74) is -0.142. The molecule has 0 unspecified atom stereocenters. The molecule has 1 N–H and O–H groups in total. The van der Waals surface area contributed by atoms with Gasteiger partial charge in [0.1, 0.15) is 0 Å². The number of benzene rings is 1. The molecule has 0 radical (unpaired) electrons. The fourth-order valence-corrected chi connectivity index (χ4v) is 3.40. The summed E-state index contributed by atoms with van der Waals surface area (Å²) in [6.07, 6.45) is 1.63. The molecule has 1 aliphatic rings. The second-order valence-electron chi connectivity index (χ2n) is 4.71. The lowest BCUT2D eigenvalue weighted by atomic mass is 10.1. The SMILES string of the molecule is C[C@@H](NS(=O)(=O)c1ccc([N+](=O)[O-])cc1)[C@@H]1CCCO1. The second kappa shape index (κ2) is 5.86. The Kier molecular flexibility index (Phi) is 4.36. The van der Waals surface area contributed by atoms with Crippen LogP contribution in [-0.4, -0.2) is 32.1 Å². The van der Waals surface area contributed by atoms with Crippen LogP contribution in [0.1, 0.15) is 19.8 Å². The van der Waals surface area contributed by atoms with E-state index in [4.69, 9.17) is 4.74 Å². The van der Waals surface area contributed by atoms with Gasteiger partial charge in [-0.05, 0) is 31.9 Å². The Labute approximate surface area is 117 Å². The summed E-state index contributed by atoms with van der Waals surface area (Å²) in [4.78, 5) is 9.97. The molecular formula is C12H16N2O5S. The highest BCUT2D eigenvalue weighted by atomic mass is 32.2. The molecule has 2 atom stereocenters. The Morgan fingerprint density at radius 3 is 2.55 bits per heavy atom. The molecule has 0 amide bonds. The van der Waals surface area contributed by atoms with E-state index >= 15 is 0 Å². The first-order valence-corrected chi connectivity index (χ1v) is 7.77. The van der Waals surface area contributed by atoms with E-state index in [-0.39, 0.29) is 22.7 Å². The Morgan fingerprint density at radius 2 is 2.05 bits per heavy atom. The number of non-ortho nitro benzene ring substituents is 1. The lowest BCUT2D eigenvalue weighted by molar-refractivity contribution is -0.384. The number of nitrogens with one attached hydrogen (secondary N) is 1. The molecule has 1 aromatic carbocycles. The quantitative estimate of drug-likeness (QED) is 0.655. The molecule has 0 aliphatic carbocycles. The van der Waals surface area contributed by atoms with Gasteiger partial charge in [0.05, 0.1) is 15.9 Å². The van der Waals surface area contributed by atoms with Crippen LogP contribution in [0.5, 0.6) is 0 Å². The van der Waals surface area contributed by atoms with Gasteiger partial charge in [0.15, 0.2) is 0 Å². The fraction of sp³-hybridized carbons (Fsp3) is 0.500. The molecule has 0 saturated carbocycles. The first-order valence-electron chi connectivity index (χ1n) is 6.28. The molecular weight excluding hydrogens is 284 g/mol. The molecule has 8 heteroatoms. The maximum absolute atomic E-state index is 12.1. The zero-order chi connectivity index (χ0) is 14.8. The zero-order valence-corrected chi connectivity index (χ0v) is 11.8. The third kappa shape index (κ3) is 3.33. The summed E-state index contributed by atoms with van der Waals surface area (Å²) >= 11 is 0. The maximum Gasteiger partial charge on any atom is 0.269 e. The van der Waals surface area contributed by atoms with Crippen LogP contribution in [0.2, 0.25) is 0 Å². The van der Waals surface area contributed by atoms with E-state index in [1.54, 1.807) is 6.92 Å². The highest BCUT2D eigenvalue weighted by Crippen LogP contribution is 2.19. The number of ether oxygens (including phenoxy) is 1. The van der Waals surface area contributed by atoms with E-state index < -0.39 is 14.9 Å². The van der Waals surface area contributed by atoms with Gasteiger partial charge in [-0.1, -0.05) is 0 Å². The summed E-state index contributed by atoms with van der Waals surface area (Å²) in [6.45, 7) is 2.40. The Hall–Kier alpha value is -1.51. The Morgan fingerprint density at radius 1 is 1.40 bits per heavy atom. The van der Waals surface area contributed by atoms with Crippen molar-refractivity contribution in [1.82, 2.24) is 4.72 Å². The molecule has 7 nitrogen and oxygen atoms in total. The molecule has 1 heterocycles. The van der Waals surface area contributed by atoms with Crippen molar-refractivity contribution in [3.63, 3.8) is 0 Å². The first-order chi connectivity index (χ1) is 9.40. The third-order valence-corrected chi connectivity index (χ3v) is 4.80. The van der Waals surface area contributed by atoms with E-state index in [9.17, 15) is 18.5 Å². The van der Waals surface area contributed by atoms with Crippen LogP contribution < -0.4 is 4.72 Å². The van der Waals surface area contributed by atoms with Crippen molar-refractivity contribution >= 4 is 15.7 Å². The molecule has 20 heavy (non-hydrogen) atoms. The van der Waals surface area contributed by atoms with Gasteiger partial charge >= 0.3 is 0 Å². The minimum atomic E-state index is -3.69. The fourth-order valence-electron chi connectivity index (χ4n) is 2.13. The molecule has 1 aliphatic heterocycles.